The van der Waals surface area contributed by atoms with Crippen molar-refractivity contribution in [3.63, 3.8) is 0 Å². The van der Waals surface area contributed by atoms with E-state index in [-0.39, 0.29) is 0 Å². The number of hydrogen-bond donors (Lipinski definition) is 0. The van der Waals surface area contributed by atoms with Crippen LogP contribution in [0.15, 0.2) is 109 Å². The molecular weight excluding hydrogens is 332 g/mol. The minimum absolute atomic E-state index is 0.944. The van der Waals surface area contributed by atoms with Crippen LogP contribution in [0.4, 0.5) is 11.4 Å². The van der Waals surface area contributed by atoms with Gasteiger partial charge in [-0.25, -0.2) is 9.99 Å². The predicted octanol–water partition coefficient (Wildman–Crippen LogP) is 5.43. The molecule has 0 saturated heterocycles. The standard InChI is InChI=1S/C23H20N4/c1-19(20-12-14-21(15-13-20)26-17-16-24-18-26)25-27(22-8-4-2-5-9-22)23-10-6-3-7-11-23/h2-18H,1H3/b25-19-. The Bertz CT molecular complexity index is 966. The van der Waals surface area contributed by atoms with Crippen molar-refractivity contribution < 1.29 is 0 Å². The molecule has 0 amide bonds. The van der Waals surface area contributed by atoms with Gasteiger partial charge in [0, 0.05) is 18.1 Å². The van der Waals surface area contributed by atoms with Crippen molar-refractivity contribution in [1.29, 1.82) is 0 Å². The minimum Gasteiger partial charge on any atom is -0.306 e. The van der Waals surface area contributed by atoms with Gasteiger partial charge in [-0.2, -0.15) is 5.10 Å². The van der Waals surface area contributed by atoms with E-state index in [0.717, 1.165) is 28.3 Å². The largest absolute Gasteiger partial charge is 0.306 e. The Balaban J connectivity index is 1.68. The molecule has 4 aromatic rings. The van der Waals surface area contributed by atoms with E-state index in [4.69, 9.17) is 5.10 Å². The molecule has 4 rings (SSSR count). The molecule has 1 heterocycles. The summed E-state index contributed by atoms with van der Waals surface area (Å²) in [5, 5.41) is 6.88. The van der Waals surface area contributed by atoms with E-state index in [1.54, 1.807) is 12.5 Å². The van der Waals surface area contributed by atoms with Gasteiger partial charge in [-0.05, 0) is 48.9 Å². The molecule has 0 bridgehead atoms. The van der Waals surface area contributed by atoms with Crippen molar-refractivity contribution in [3.8, 4) is 5.69 Å². The molecule has 1 aromatic heterocycles. The fourth-order valence-electron chi connectivity index (χ4n) is 2.90. The molecular formula is C23H20N4. The Morgan fingerprint density at radius 3 is 1.93 bits per heavy atom. The molecule has 0 spiro atoms. The predicted molar refractivity (Wildman–Crippen MR) is 111 cm³/mol. The van der Waals surface area contributed by atoms with E-state index >= 15 is 0 Å². The van der Waals surface area contributed by atoms with Crippen LogP contribution in [0.5, 0.6) is 0 Å². The Hall–Kier alpha value is -3.66. The molecule has 4 nitrogen and oxygen atoms in total. The van der Waals surface area contributed by atoms with Crippen molar-refractivity contribution >= 4 is 17.1 Å². The summed E-state index contributed by atoms with van der Waals surface area (Å²) < 4.78 is 1.98. The summed E-state index contributed by atoms with van der Waals surface area (Å²) >= 11 is 0. The topological polar surface area (TPSA) is 33.4 Å². The van der Waals surface area contributed by atoms with Gasteiger partial charge in [-0.3, -0.25) is 0 Å². The van der Waals surface area contributed by atoms with Crippen molar-refractivity contribution in [2.45, 2.75) is 6.92 Å². The molecule has 0 unspecified atom stereocenters. The fraction of sp³-hybridized carbons (Fsp3) is 0.0435. The van der Waals surface area contributed by atoms with Gasteiger partial charge in [0.1, 0.15) is 0 Å². The van der Waals surface area contributed by atoms with Gasteiger partial charge in [0.05, 0.1) is 23.4 Å². The first-order chi connectivity index (χ1) is 13.3. The summed E-state index contributed by atoms with van der Waals surface area (Å²) in [6, 6.07) is 28.7. The molecule has 27 heavy (non-hydrogen) atoms. The normalized spacial score (nSPS) is 11.4. The van der Waals surface area contributed by atoms with Crippen LogP contribution in [0.1, 0.15) is 12.5 Å². The number of imidazole rings is 1. The van der Waals surface area contributed by atoms with E-state index in [2.05, 4.69) is 53.5 Å². The van der Waals surface area contributed by atoms with Gasteiger partial charge in [0.15, 0.2) is 0 Å². The average Bonchev–Trinajstić information content (AvgIpc) is 3.28. The second-order valence-corrected chi connectivity index (χ2v) is 6.19. The highest BCUT2D eigenvalue weighted by Gasteiger charge is 2.09. The number of rotatable bonds is 5. The maximum Gasteiger partial charge on any atom is 0.0991 e. The first-order valence-corrected chi connectivity index (χ1v) is 8.85. The van der Waals surface area contributed by atoms with Crippen LogP contribution < -0.4 is 5.01 Å². The summed E-state index contributed by atoms with van der Waals surface area (Å²) in [6.45, 7) is 2.03. The minimum atomic E-state index is 0.944. The van der Waals surface area contributed by atoms with Crippen molar-refractivity contribution in [1.82, 2.24) is 9.55 Å². The van der Waals surface area contributed by atoms with E-state index in [1.165, 1.54) is 0 Å². The van der Waals surface area contributed by atoms with Crippen LogP contribution in [-0.4, -0.2) is 15.3 Å². The lowest BCUT2D eigenvalue weighted by atomic mass is 10.1. The molecule has 0 atom stereocenters. The van der Waals surface area contributed by atoms with E-state index < -0.39 is 0 Å². The second kappa shape index (κ2) is 7.70. The Labute approximate surface area is 159 Å². The van der Waals surface area contributed by atoms with Crippen LogP contribution >= 0.6 is 0 Å². The highest BCUT2D eigenvalue weighted by molar-refractivity contribution is 5.99. The van der Waals surface area contributed by atoms with Crippen LogP contribution in [0, 0.1) is 0 Å². The van der Waals surface area contributed by atoms with E-state index in [1.807, 2.05) is 59.1 Å². The number of para-hydroxylation sites is 2. The Kier molecular flexibility index (Phi) is 4.79. The average molecular weight is 352 g/mol. The molecule has 0 aliphatic carbocycles. The third-order valence-electron chi connectivity index (χ3n) is 4.34. The third kappa shape index (κ3) is 3.80. The van der Waals surface area contributed by atoms with Gasteiger partial charge in [-0.1, -0.05) is 48.5 Å². The summed E-state index contributed by atoms with van der Waals surface area (Å²) in [5.41, 5.74) is 5.15. The molecule has 0 saturated carbocycles. The summed E-state index contributed by atoms with van der Waals surface area (Å²) in [7, 11) is 0. The van der Waals surface area contributed by atoms with Crippen LogP contribution in [0.3, 0.4) is 0 Å². The molecule has 0 fully saturated rings. The monoisotopic (exact) mass is 352 g/mol. The van der Waals surface area contributed by atoms with Crippen LogP contribution in [-0.2, 0) is 0 Å². The number of nitrogens with zero attached hydrogens (tertiary/aromatic N) is 4. The lowest BCUT2D eigenvalue weighted by Crippen LogP contribution is -2.12. The Morgan fingerprint density at radius 2 is 1.41 bits per heavy atom. The molecule has 4 heteroatoms. The molecule has 0 aliphatic heterocycles. The van der Waals surface area contributed by atoms with Crippen molar-refractivity contribution in [3.05, 3.63) is 109 Å². The number of hydrogen-bond acceptors (Lipinski definition) is 3. The van der Waals surface area contributed by atoms with Crippen LogP contribution in [0.2, 0.25) is 0 Å². The first-order valence-electron chi connectivity index (χ1n) is 8.85. The van der Waals surface area contributed by atoms with Crippen molar-refractivity contribution in [2.75, 3.05) is 5.01 Å². The molecule has 0 aliphatic rings. The first kappa shape index (κ1) is 16.8. The quantitative estimate of drug-likeness (QED) is 0.354. The molecule has 0 N–H and O–H groups in total. The SMILES string of the molecule is C/C(=N/N(c1ccccc1)c1ccccc1)c1ccc(-n2ccnc2)cc1. The van der Waals surface area contributed by atoms with E-state index in [9.17, 15) is 0 Å². The van der Waals surface area contributed by atoms with Crippen molar-refractivity contribution in [2.24, 2.45) is 5.10 Å². The highest BCUT2D eigenvalue weighted by Crippen LogP contribution is 2.26. The summed E-state index contributed by atoms with van der Waals surface area (Å²) in [5.74, 6) is 0. The third-order valence-corrected chi connectivity index (χ3v) is 4.34. The number of aromatic nitrogens is 2. The number of anilines is 2. The van der Waals surface area contributed by atoms with E-state index in [0.29, 0.717) is 0 Å². The molecule has 3 aromatic carbocycles. The highest BCUT2D eigenvalue weighted by atomic mass is 15.5. The second-order valence-electron chi connectivity index (χ2n) is 6.19. The smallest absolute Gasteiger partial charge is 0.0991 e. The molecule has 0 radical (unpaired) electrons. The van der Waals surface area contributed by atoms with Gasteiger partial charge in [0.2, 0.25) is 0 Å². The maximum absolute atomic E-state index is 4.91. The Morgan fingerprint density at radius 1 is 0.815 bits per heavy atom. The van der Waals surface area contributed by atoms with Crippen LogP contribution in [0.25, 0.3) is 5.69 Å². The zero-order valence-corrected chi connectivity index (χ0v) is 15.1. The van der Waals surface area contributed by atoms with Gasteiger partial charge < -0.3 is 4.57 Å². The van der Waals surface area contributed by atoms with Gasteiger partial charge in [0.25, 0.3) is 0 Å². The summed E-state index contributed by atoms with van der Waals surface area (Å²) in [4.78, 5) is 4.10. The summed E-state index contributed by atoms with van der Waals surface area (Å²) in [6.07, 6.45) is 5.50. The number of hydrazone groups is 1. The zero-order chi connectivity index (χ0) is 18.5. The lowest BCUT2D eigenvalue weighted by Gasteiger charge is -2.20. The van der Waals surface area contributed by atoms with Gasteiger partial charge >= 0.3 is 0 Å². The van der Waals surface area contributed by atoms with Gasteiger partial charge in [-0.15, -0.1) is 0 Å². The maximum atomic E-state index is 4.91. The number of benzene rings is 3. The zero-order valence-electron chi connectivity index (χ0n) is 15.1. The lowest BCUT2D eigenvalue weighted by molar-refractivity contribution is 1.05. The fourth-order valence-corrected chi connectivity index (χ4v) is 2.90. The molecule has 132 valence electrons.